The normalized spacial score (nSPS) is 16.5. The second kappa shape index (κ2) is 5.58. The Bertz CT molecular complexity index is 593. The van der Waals surface area contributed by atoms with Crippen LogP contribution in [0, 0.1) is 0 Å². The maximum absolute atomic E-state index is 6.35. The van der Waals surface area contributed by atoms with Gasteiger partial charge < -0.3 is 10.5 Å². The third-order valence-electron chi connectivity index (χ3n) is 3.99. The molecule has 0 radical (unpaired) electrons. The lowest BCUT2D eigenvalue weighted by Gasteiger charge is -2.38. The Labute approximate surface area is 128 Å². The quantitative estimate of drug-likeness (QED) is 0.902. The molecular weight excluding hydrogens is 314 g/mol. The average molecular weight is 332 g/mol. The van der Waals surface area contributed by atoms with Crippen molar-refractivity contribution in [3.05, 3.63) is 64.1 Å². The van der Waals surface area contributed by atoms with Crippen molar-refractivity contribution < 1.29 is 4.74 Å². The van der Waals surface area contributed by atoms with Crippen LogP contribution in [-0.2, 0) is 12.1 Å². The number of hydrogen-bond acceptors (Lipinski definition) is 2. The van der Waals surface area contributed by atoms with Gasteiger partial charge in [0.25, 0.3) is 0 Å². The Morgan fingerprint density at radius 2 is 1.85 bits per heavy atom. The Kier molecular flexibility index (Phi) is 3.81. The van der Waals surface area contributed by atoms with Crippen LogP contribution in [0.1, 0.15) is 30.4 Å². The maximum atomic E-state index is 6.35. The number of rotatable bonds is 4. The molecule has 0 aromatic heterocycles. The molecule has 0 amide bonds. The minimum atomic E-state index is -0.125. The van der Waals surface area contributed by atoms with Crippen LogP contribution in [0.2, 0.25) is 0 Å². The second-order valence-corrected chi connectivity index (χ2v) is 6.28. The maximum Gasteiger partial charge on any atom is 0.134 e. The first-order valence-electron chi connectivity index (χ1n) is 6.93. The third kappa shape index (κ3) is 2.74. The predicted molar refractivity (Wildman–Crippen MR) is 84.6 cm³/mol. The van der Waals surface area contributed by atoms with Crippen molar-refractivity contribution in [3.63, 3.8) is 0 Å². The first kappa shape index (κ1) is 13.7. The van der Waals surface area contributed by atoms with E-state index in [1.807, 2.05) is 24.3 Å². The van der Waals surface area contributed by atoms with Gasteiger partial charge >= 0.3 is 0 Å². The molecule has 3 heteroatoms. The molecule has 3 rings (SSSR count). The highest BCUT2D eigenvalue weighted by atomic mass is 79.9. The monoisotopic (exact) mass is 331 g/mol. The van der Waals surface area contributed by atoms with E-state index < -0.39 is 0 Å². The summed E-state index contributed by atoms with van der Waals surface area (Å²) in [6.45, 7) is 0.576. The zero-order chi connectivity index (χ0) is 14.0. The molecule has 0 spiro atoms. The summed E-state index contributed by atoms with van der Waals surface area (Å²) in [4.78, 5) is 0. The number of hydrogen-bond donors (Lipinski definition) is 1. The topological polar surface area (TPSA) is 35.2 Å². The van der Waals surface area contributed by atoms with Crippen molar-refractivity contribution >= 4 is 15.9 Å². The smallest absolute Gasteiger partial charge is 0.134 e. The van der Waals surface area contributed by atoms with Crippen LogP contribution in [0.5, 0.6) is 5.75 Å². The molecule has 2 nitrogen and oxygen atoms in total. The Hall–Kier alpha value is -1.32. The van der Waals surface area contributed by atoms with E-state index in [1.54, 1.807) is 0 Å². The fourth-order valence-electron chi connectivity index (χ4n) is 2.51. The van der Waals surface area contributed by atoms with Crippen LogP contribution >= 0.6 is 15.9 Å². The van der Waals surface area contributed by atoms with Gasteiger partial charge in [0.2, 0.25) is 0 Å². The fraction of sp³-hybridized carbons (Fsp3) is 0.294. The van der Waals surface area contributed by atoms with Crippen molar-refractivity contribution in [1.82, 2.24) is 0 Å². The summed E-state index contributed by atoms with van der Waals surface area (Å²) in [5.41, 5.74) is 8.58. The van der Waals surface area contributed by atoms with E-state index in [9.17, 15) is 0 Å². The van der Waals surface area contributed by atoms with Gasteiger partial charge in [-0.2, -0.15) is 0 Å². The second-order valence-electron chi connectivity index (χ2n) is 5.43. The summed E-state index contributed by atoms with van der Waals surface area (Å²) in [6, 6.07) is 16.4. The molecule has 20 heavy (non-hydrogen) atoms. The number of nitrogens with two attached hydrogens (primary N) is 1. The average Bonchev–Trinajstić information content (AvgIpc) is 2.44. The van der Waals surface area contributed by atoms with Gasteiger partial charge in [-0.15, -0.1) is 0 Å². The number of ether oxygens (including phenoxy) is 1. The van der Waals surface area contributed by atoms with E-state index >= 15 is 0 Å². The SMILES string of the molecule is NC1(c2ccc(OCc3ccccc3)c(Br)c2)CCC1. The summed E-state index contributed by atoms with van der Waals surface area (Å²) in [7, 11) is 0. The van der Waals surface area contributed by atoms with Crippen LogP contribution < -0.4 is 10.5 Å². The van der Waals surface area contributed by atoms with Crippen LogP contribution in [0.25, 0.3) is 0 Å². The molecule has 0 saturated heterocycles. The molecule has 1 fully saturated rings. The van der Waals surface area contributed by atoms with Gasteiger partial charge in [-0.05, 0) is 58.5 Å². The molecule has 2 N–H and O–H groups in total. The largest absolute Gasteiger partial charge is 0.488 e. The highest BCUT2D eigenvalue weighted by Crippen LogP contribution is 2.41. The molecule has 0 unspecified atom stereocenters. The summed E-state index contributed by atoms with van der Waals surface area (Å²) >= 11 is 3.59. The molecule has 104 valence electrons. The minimum absolute atomic E-state index is 0.125. The molecule has 0 heterocycles. The molecule has 2 aromatic carbocycles. The molecule has 0 bridgehead atoms. The van der Waals surface area contributed by atoms with Crippen LogP contribution in [0.3, 0.4) is 0 Å². The van der Waals surface area contributed by atoms with Crippen LogP contribution in [-0.4, -0.2) is 0 Å². The zero-order valence-electron chi connectivity index (χ0n) is 11.3. The highest BCUT2D eigenvalue weighted by Gasteiger charge is 2.34. The fourth-order valence-corrected chi connectivity index (χ4v) is 3.00. The first-order chi connectivity index (χ1) is 9.67. The van der Waals surface area contributed by atoms with Gasteiger partial charge in [-0.3, -0.25) is 0 Å². The van der Waals surface area contributed by atoms with E-state index in [0.717, 1.165) is 28.6 Å². The molecule has 0 aliphatic heterocycles. The first-order valence-corrected chi connectivity index (χ1v) is 7.72. The molecule has 1 aliphatic carbocycles. The van der Waals surface area contributed by atoms with Gasteiger partial charge in [-0.1, -0.05) is 36.4 Å². The van der Waals surface area contributed by atoms with Crippen molar-refractivity contribution in [2.45, 2.75) is 31.4 Å². The van der Waals surface area contributed by atoms with Crippen molar-refractivity contribution in [3.8, 4) is 5.75 Å². The molecule has 1 aliphatic rings. The van der Waals surface area contributed by atoms with Crippen LogP contribution in [0.15, 0.2) is 53.0 Å². The van der Waals surface area contributed by atoms with Gasteiger partial charge in [-0.25, -0.2) is 0 Å². The number of halogens is 1. The van der Waals surface area contributed by atoms with Gasteiger partial charge in [0, 0.05) is 5.54 Å². The standard InChI is InChI=1S/C17H18BrNO/c18-15-11-14(17(19)9-4-10-17)7-8-16(15)20-12-13-5-2-1-3-6-13/h1-3,5-8,11H,4,9-10,12,19H2. The van der Waals surface area contributed by atoms with E-state index in [-0.39, 0.29) is 5.54 Å². The van der Waals surface area contributed by atoms with Crippen molar-refractivity contribution in [1.29, 1.82) is 0 Å². The highest BCUT2D eigenvalue weighted by molar-refractivity contribution is 9.10. The Morgan fingerprint density at radius 1 is 1.10 bits per heavy atom. The molecule has 2 aromatic rings. The lowest BCUT2D eigenvalue weighted by atomic mass is 9.73. The summed E-state index contributed by atoms with van der Waals surface area (Å²) in [5, 5.41) is 0. The van der Waals surface area contributed by atoms with Gasteiger partial charge in [0.15, 0.2) is 0 Å². The van der Waals surface area contributed by atoms with E-state index in [4.69, 9.17) is 10.5 Å². The molecular formula is C17H18BrNO. The lowest BCUT2D eigenvalue weighted by molar-refractivity contribution is 0.252. The van der Waals surface area contributed by atoms with E-state index in [0.29, 0.717) is 6.61 Å². The van der Waals surface area contributed by atoms with E-state index in [1.165, 1.54) is 12.0 Å². The van der Waals surface area contributed by atoms with Gasteiger partial charge in [0.05, 0.1) is 4.47 Å². The minimum Gasteiger partial charge on any atom is -0.488 e. The molecule has 1 saturated carbocycles. The summed E-state index contributed by atoms with van der Waals surface area (Å²) < 4.78 is 6.83. The van der Waals surface area contributed by atoms with Crippen LogP contribution in [0.4, 0.5) is 0 Å². The lowest BCUT2D eigenvalue weighted by Crippen LogP contribution is -2.43. The molecule has 0 atom stereocenters. The summed E-state index contributed by atoms with van der Waals surface area (Å²) in [5.74, 6) is 0.862. The van der Waals surface area contributed by atoms with E-state index in [2.05, 4.69) is 40.2 Å². The third-order valence-corrected chi connectivity index (χ3v) is 4.61. The van der Waals surface area contributed by atoms with Crippen molar-refractivity contribution in [2.24, 2.45) is 5.73 Å². The van der Waals surface area contributed by atoms with Gasteiger partial charge in [0.1, 0.15) is 12.4 Å². The zero-order valence-corrected chi connectivity index (χ0v) is 12.9. The number of benzene rings is 2. The predicted octanol–water partition coefficient (Wildman–Crippen LogP) is 4.37. The Balaban J connectivity index is 1.71. The summed E-state index contributed by atoms with van der Waals surface area (Å²) in [6.07, 6.45) is 3.37. The van der Waals surface area contributed by atoms with Crippen molar-refractivity contribution in [2.75, 3.05) is 0 Å². The Morgan fingerprint density at radius 3 is 2.45 bits per heavy atom.